The molecule has 2 rings (SSSR count). The molecule has 1 aliphatic heterocycles. The van der Waals surface area contributed by atoms with Crippen molar-refractivity contribution in [3.8, 4) is 0 Å². The first-order chi connectivity index (χ1) is 8.53. The second-order valence-corrected chi connectivity index (χ2v) is 5.15. The fourth-order valence-corrected chi connectivity index (χ4v) is 2.12. The van der Waals surface area contributed by atoms with Crippen LogP contribution in [0.1, 0.15) is 31.7 Å². The van der Waals surface area contributed by atoms with Crippen molar-refractivity contribution in [1.29, 1.82) is 0 Å². The van der Waals surface area contributed by atoms with Crippen LogP contribution in [0.4, 0.5) is 5.69 Å². The van der Waals surface area contributed by atoms with E-state index in [1.807, 2.05) is 24.3 Å². The molecular weight excluding hydrogens is 228 g/mol. The quantitative estimate of drug-likeness (QED) is 0.858. The molecule has 0 aromatic heterocycles. The van der Waals surface area contributed by atoms with Crippen molar-refractivity contribution in [2.24, 2.45) is 5.73 Å². The largest absolute Gasteiger partial charge is 0.379 e. The maximum atomic E-state index is 12.2. The molecule has 3 N–H and O–H groups in total. The number of rotatable bonds is 3. The molecule has 0 radical (unpaired) electrons. The Morgan fingerprint density at radius 1 is 1.44 bits per heavy atom. The summed E-state index contributed by atoms with van der Waals surface area (Å²) in [6.45, 7) is 5.04. The van der Waals surface area contributed by atoms with Crippen LogP contribution in [0.5, 0.6) is 0 Å². The fourth-order valence-electron chi connectivity index (χ4n) is 2.12. The van der Waals surface area contributed by atoms with E-state index in [1.165, 1.54) is 0 Å². The van der Waals surface area contributed by atoms with E-state index >= 15 is 0 Å². The Morgan fingerprint density at radius 2 is 2.17 bits per heavy atom. The molecular formula is C14H20N2O2. The van der Waals surface area contributed by atoms with E-state index in [1.54, 1.807) is 0 Å². The molecule has 1 atom stereocenters. The molecule has 4 nitrogen and oxygen atoms in total. The van der Waals surface area contributed by atoms with Gasteiger partial charge in [0.1, 0.15) is 5.54 Å². The van der Waals surface area contributed by atoms with Gasteiger partial charge in [-0.15, -0.1) is 0 Å². The highest BCUT2D eigenvalue weighted by atomic mass is 16.5. The van der Waals surface area contributed by atoms with E-state index in [4.69, 9.17) is 10.5 Å². The van der Waals surface area contributed by atoms with Crippen molar-refractivity contribution in [2.45, 2.75) is 31.7 Å². The first-order valence-corrected chi connectivity index (χ1v) is 6.30. The second-order valence-electron chi connectivity index (χ2n) is 5.15. The number of hydrogen-bond acceptors (Lipinski definition) is 3. The van der Waals surface area contributed by atoms with E-state index < -0.39 is 5.54 Å². The van der Waals surface area contributed by atoms with Crippen molar-refractivity contribution in [3.63, 3.8) is 0 Å². The Labute approximate surface area is 108 Å². The molecule has 1 aliphatic rings. The maximum Gasteiger partial charge on any atom is 0.246 e. The number of nitrogens with two attached hydrogens (primary N) is 1. The lowest BCUT2D eigenvalue weighted by Crippen LogP contribution is -2.51. The van der Waals surface area contributed by atoms with Crippen LogP contribution in [0.3, 0.4) is 0 Å². The molecule has 1 fully saturated rings. The summed E-state index contributed by atoms with van der Waals surface area (Å²) < 4.78 is 5.21. The summed E-state index contributed by atoms with van der Waals surface area (Å²) in [7, 11) is 0. The van der Waals surface area contributed by atoms with Crippen molar-refractivity contribution < 1.29 is 9.53 Å². The SMILES string of the molecule is CC(C)c1ccccc1NC(=O)C1(N)CCOC1. The highest BCUT2D eigenvalue weighted by Gasteiger charge is 2.38. The molecule has 1 amide bonds. The van der Waals surface area contributed by atoms with Crippen molar-refractivity contribution in [3.05, 3.63) is 29.8 Å². The Morgan fingerprint density at radius 3 is 2.78 bits per heavy atom. The van der Waals surface area contributed by atoms with Crippen LogP contribution in [0.2, 0.25) is 0 Å². The minimum Gasteiger partial charge on any atom is -0.379 e. The van der Waals surface area contributed by atoms with E-state index in [2.05, 4.69) is 19.2 Å². The molecule has 1 unspecified atom stereocenters. The first kappa shape index (κ1) is 13.1. The van der Waals surface area contributed by atoms with E-state index in [0.29, 0.717) is 25.6 Å². The third kappa shape index (κ3) is 2.54. The summed E-state index contributed by atoms with van der Waals surface area (Å²) in [5, 5.41) is 2.93. The molecule has 0 spiro atoms. The zero-order valence-corrected chi connectivity index (χ0v) is 10.9. The number of para-hydroxylation sites is 1. The zero-order valence-electron chi connectivity index (χ0n) is 10.9. The lowest BCUT2D eigenvalue weighted by atomic mass is 9.97. The smallest absolute Gasteiger partial charge is 0.246 e. The van der Waals surface area contributed by atoms with Crippen molar-refractivity contribution >= 4 is 11.6 Å². The lowest BCUT2D eigenvalue weighted by Gasteiger charge is -2.22. The average Bonchev–Trinajstić information content (AvgIpc) is 2.78. The number of carbonyl (C=O) groups excluding carboxylic acids is 1. The number of hydrogen-bond donors (Lipinski definition) is 2. The molecule has 1 aromatic rings. The molecule has 1 aromatic carbocycles. The van der Waals surface area contributed by atoms with Crippen LogP contribution in [0, 0.1) is 0 Å². The molecule has 0 saturated carbocycles. The van der Waals surface area contributed by atoms with Crippen LogP contribution in [-0.2, 0) is 9.53 Å². The van der Waals surface area contributed by atoms with Crippen LogP contribution in [-0.4, -0.2) is 24.7 Å². The Balaban J connectivity index is 2.16. The van der Waals surface area contributed by atoms with Gasteiger partial charge in [-0.2, -0.15) is 0 Å². The van der Waals surface area contributed by atoms with Crippen LogP contribution in [0.25, 0.3) is 0 Å². The summed E-state index contributed by atoms with van der Waals surface area (Å²) in [5.41, 5.74) is 7.12. The minimum absolute atomic E-state index is 0.159. The molecule has 98 valence electrons. The summed E-state index contributed by atoms with van der Waals surface area (Å²) in [6.07, 6.45) is 0.572. The third-order valence-electron chi connectivity index (χ3n) is 3.34. The number of carbonyl (C=O) groups is 1. The number of nitrogens with one attached hydrogen (secondary N) is 1. The van der Waals surface area contributed by atoms with Crippen LogP contribution in [0.15, 0.2) is 24.3 Å². The molecule has 4 heteroatoms. The first-order valence-electron chi connectivity index (χ1n) is 6.30. The predicted molar refractivity (Wildman–Crippen MR) is 71.5 cm³/mol. The Kier molecular flexibility index (Phi) is 3.68. The topological polar surface area (TPSA) is 64.4 Å². The molecule has 1 saturated heterocycles. The Hall–Kier alpha value is -1.39. The van der Waals surface area contributed by atoms with Gasteiger partial charge in [-0.25, -0.2) is 0 Å². The van der Waals surface area contributed by atoms with Crippen molar-refractivity contribution in [2.75, 3.05) is 18.5 Å². The van der Waals surface area contributed by atoms with Gasteiger partial charge in [0.05, 0.1) is 6.61 Å². The second kappa shape index (κ2) is 5.08. The van der Waals surface area contributed by atoms with Gasteiger partial charge in [0.25, 0.3) is 0 Å². The van der Waals surface area contributed by atoms with Crippen LogP contribution < -0.4 is 11.1 Å². The molecule has 0 bridgehead atoms. The number of anilines is 1. The minimum atomic E-state index is -0.885. The van der Waals surface area contributed by atoms with Gasteiger partial charge in [-0.05, 0) is 24.0 Å². The monoisotopic (exact) mass is 248 g/mol. The normalized spacial score (nSPS) is 23.3. The zero-order chi connectivity index (χ0) is 13.2. The summed E-state index contributed by atoms with van der Waals surface area (Å²) in [5.74, 6) is 0.197. The van der Waals surface area contributed by atoms with Gasteiger partial charge in [-0.1, -0.05) is 32.0 Å². The summed E-state index contributed by atoms with van der Waals surface area (Å²) >= 11 is 0. The molecule has 18 heavy (non-hydrogen) atoms. The number of benzene rings is 1. The van der Waals surface area contributed by atoms with Gasteiger partial charge in [-0.3, -0.25) is 4.79 Å². The van der Waals surface area contributed by atoms with Gasteiger partial charge in [0.2, 0.25) is 5.91 Å². The Bertz CT molecular complexity index is 437. The summed E-state index contributed by atoms with van der Waals surface area (Å²) in [4.78, 5) is 12.2. The summed E-state index contributed by atoms with van der Waals surface area (Å²) in [6, 6.07) is 7.82. The van der Waals surface area contributed by atoms with Crippen molar-refractivity contribution in [1.82, 2.24) is 0 Å². The average molecular weight is 248 g/mol. The fraction of sp³-hybridized carbons (Fsp3) is 0.500. The predicted octanol–water partition coefficient (Wildman–Crippen LogP) is 1.87. The van der Waals surface area contributed by atoms with Gasteiger partial charge in [0.15, 0.2) is 0 Å². The lowest BCUT2D eigenvalue weighted by molar-refractivity contribution is -0.121. The standard InChI is InChI=1S/C14H20N2O2/c1-10(2)11-5-3-4-6-12(11)16-13(17)14(15)7-8-18-9-14/h3-6,10H,7-9,15H2,1-2H3,(H,16,17). The third-order valence-corrected chi connectivity index (χ3v) is 3.34. The van der Waals surface area contributed by atoms with E-state index in [9.17, 15) is 4.79 Å². The number of amides is 1. The molecule has 1 heterocycles. The van der Waals surface area contributed by atoms with E-state index in [0.717, 1.165) is 11.3 Å². The van der Waals surface area contributed by atoms with Gasteiger partial charge in [0, 0.05) is 12.3 Å². The highest BCUT2D eigenvalue weighted by Crippen LogP contribution is 2.25. The van der Waals surface area contributed by atoms with Gasteiger partial charge >= 0.3 is 0 Å². The van der Waals surface area contributed by atoms with Crippen LogP contribution >= 0.6 is 0 Å². The van der Waals surface area contributed by atoms with Gasteiger partial charge < -0.3 is 15.8 Å². The molecule has 0 aliphatic carbocycles. The number of ether oxygens (including phenoxy) is 1. The van der Waals surface area contributed by atoms with E-state index in [-0.39, 0.29) is 5.91 Å². The highest BCUT2D eigenvalue weighted by molar-refractivity contribution is 5.98. The maximum absolute atomic E-state index is 12.2.